The van der Waals surface area contributed by atoms with E-state index in [1.165, 1.54) is 12.0 Å². The predicted octanol–water partition coefficient (Wildman–Crippen LogP) is 7.58. The molecule has 1 N–H and O–H groups in total. The molecule has 47 heavy (non-hydrogen) atoms. The summed E-state index contributed by atoms with van der Waals surface area (Å²) in [5, 5.41) is 22.5. The molecule has 2 aliphatic rings. The highest BCUT2D eigenvalue weighted by atomic mass is 35.5. The van der Waals surface area contributed by atoms with Gasteiger partial charge < -0.3 is 19.2 Å². The second-order valence-electron chi connectivity index (χ2n) is 13.1. The van der Waals surface area contributed by atoms with Crippen LogP contribution in [0.4, 0.5) is 4.79 Å². The summed E-state index contributed by atoms with van der Waals surface area (Å²) in [6.45, 7) is 13.0. The number of benzene rings is 2. The van der Waals surface area contributed by atoms with Gasteiger partial charge in [0.2, 0.25) is 0 Å². The molecule has 2 saturated heterocycles. The molecule has 2 aromatic carbocycles. The minimum atomic E-state index is -0.518. The number of aryl methyl sites for hydroxylation is 2. The Morgan fingerprint density at radius 1 is 0.809 bits per heavy atom. The minimum Gasteiger partial charge on any atom is -0.444 e. The summed E-state index contributed by atoms with van der Waals surface area (Å²) in [6, 6.07) is 16.0. The molecule has 1 amide bonds. The van der Waals surface area contributed by atoms with E-state index >= 15 is 0 Å². The maximum absolute atomic E-state index is 12.7. The fraction of sp³-hybridized carbons (Fsp3) is 0.514. The maximum atomic E-state index is 12.7. The van der Waals surface area contributed by atoms with Crippen LogP contribution in [0.25, 0.3) is 0 Å². The van der Waals surface area contributed by atoms with Crippen molar-refractivity contribution in [3.05, 3.63) is 93.0 Å². The summed E-state index contributed by atoms with van der Waals surface area (Å²) in [4.78, 5) is 14.4. The first-order valence-electron chi connectivity index (χ1n) is 16.6. The van der Waals surface area contributed by atoms with Crippen molar-refractivity contribution >= 4 is 29.3 Å². The summed E-state index contributed by atoms with van der Waals surface area (Å²) in [7, 11) is 0. The highest BCUT2D eigenvalue weighted by Gasteiger charge is 2.36. The number of rotatable bonds is 8. The number of aromatic nitrogens is 6. The lowest BCUT2D eigenvalue weighted by atomic mass is 10.1. The van der Waals surface area contributed by atoms with Gasteiger partial charge in [-0.1, -0.05) is 61.3 Å². The molecule has 0 unspecified atom stereocenters. The minimum absolute atomic E-state index is 0.111. The number of amides is 1. The molecule has 0 bridgehead atoms. The van der Waals surface area contributed by atoms with Crippen LogP contribution >= 0.6 is 23.2 Å². The normalized spacial score (nSPS) is 17.9. The van der Waals surface area contributed by atoms with Gasteiger partial charge in [0, 0.05) is 29.4 Å². The van der Waals surface area contributed by atoms with E-state index in [4.69, 9.17) is 27.9 Å². The van der Waals surface area contributed by atoms with Crippen LogP contribution in [0.2, 0.25) is 10.0 Å². The van der Waals surface area contributed by atoms with Crippen molar-refractivity contribution in [1.82, 2.24) is 39.7 Å². The smallest absolute Gasteiger partial charge is 0.410 e. The topological polar surface area (TPSA) is 103 Å². The van der Waals surface area contributed by atoms with Crippen LogP contribution in [0.1, 0.15) is 107 Å². The summed E-state index contributed by atoms with van der Waals surface area (Å²) in [5.74, 6) is 3.85. The van der Waals surface area contributed by atoms with Crippen LogP contribution < -0.4 is 5.32 Å². The fourth-order valence-electron chi connectivity index (χ4n) is 6.09. The molecule has 4 aromatic rings. The standard InChI is InChI=1S/C20H27ClN4O2.C15H19ClN4/c1-5-17-22-23-18(25(17)13-14-8-10-15(21)11-9-14)16-7-6-12-24(16)19(26)27-20(2,3)4;1-2-14-18-19-15(13-4-3-9-17-13)20(14)10-11-5-7-12(16)8-6-11/h8-11,16H,5-7,12-13H2,1-4H3;5-8,13,17H,2-4,9-10H2,1H3/t16-;13-/m11/s1. The summed E-state index contributed by atoms with van der Waals surface area (Å²) in [5.41, 5.74) is 1.83. The van der Waals surface area contributed by atoms with E-state index in [0.29, 0.717) is 24.2 Å². The number of carbonyl (C=O) groups is 1. The van der Waals surface area contributed by atoms with Gasteiger partial charge in [-0.3, -0.25) is 4.90 Å². The zero-order chi connectivity index (χ0) is 33.6. The second-order valence-corrected chi connectivity index (χ2v) is 13.9. The van der Waals surface area contributed by atoms with Crippen molar-refractivity contribution in [3.8, 4) is 0 Å². The van der Waals surface area contributed by atoms with Gasteiger partial charge in [0.05, 0.1) is 25.2 Å². The zero-order valence-electron chi connectivity index (χ0n) is 28.0. The number of nitrogens with zero attached hydrogens (tertiary/aromatic N) is 7. The zero-order valence-corrected chi connectivity index (χ0v) is 29.6. The predicted molar refractivity (Wildman–Crippen MR) is 185 cm³/mol. The van der Waals surface area contributed by atoms with Crippen LogP contribution in [0.5, 0.6) is 0 Å². The number of hydrogen-bond acceptors (Lipinski definition) is 7. The highest BCUT2D eigenvalue weighted by Crippen LogP contribution is 2.33. The monoisotopic (exact) mass is 680 g/mol. The van der Waals surface area contributed by atoms with E-state index in [0.717, 1.165) is 79.1 Å². The summed E-state index contributed by atoms with van der Waals surface area (Å²) >= 11 is 11.9. The average molecular weight is 682 g/mol. The van der Waals surface area contributed by atoms with Gasteiger partial charge >= 0.3 is 6.09 Å². The molecule has 2 aliphatic heterocycles. The molecule has 0 radical (unpaired) electrons. The third-order valence-electron chi connectivity index (χ3n) is 8.40. The third kappa shape index (κ3) is 8.91. The van der Waals surface area contributed by atoms with Gasteiger partial charge in [0.15, 0.2) is 11.6 Å². The fourth-order valence-corrected chi connectivity index (χ4v) is 6.35. The summed E-state index contributed by atoms with van der Waals surface area (Å²) in [6.07, 6.45) is 5.53. The van der Waals surface area contributed by atoms with E-state index in [9.17, 15) is 4.79 Å². The van der Waals surface area contributed by atoms with Crippen molar-refractivity contribution in [2.24, 2.45) is 0 Å². The lowest BCUT2D eigenvalue weighted by Crippen LogP contribution is -2.37. The van der Waals surface area contributed by atoms with Gasteiger partial charge in [-0.25, -0.2) is 4.79 Å². The summed E-state index contributed by atoms with van der Waals surface area (Å²) < 4.78 is 9.96. The van der Waals surface area contributed by atoms with Crippen molar-refractivity contribution in [3.63, 3.8) is 0 Å². The first-order valence-corrected chi connectivity index (χ1v) is 17.4. The van der Waals surface area contributed by atoms with Crippen LogP contribution in [0, 0.1) is 0 Å². The lowest BCUT2D eigenvalue weighted by molar-refractivity contribution is 0.0215. The van der Waals surface area contributed by atoms with E-state index in [1.54, 1.807) is 4.90 Å². The van der Waals surface area contributed by atoms with E-state index in [1.807, 2.05) is 57.2 Å². The van der Waals surface area contributed by atoms with Crippen molar-refractivity contribution < 1.29 is 9.53 Å². The molecular weight excluding hydrogens is 635 g/mol. The largest absolute Gasteiger partial charge is 0.444 e. The Bertz CT molecular complexity index is 1610. The Kier molecular flexibility index (Phi) is 11.6. The number of halogens is 2. The average Bonchev–Trinajstić information content (AvgIpc) is 3.85. The molecule has 10 nitrogen and oxygen atoms in total. The van der Waals surface area contributed by atoms with Gasteiger partial charge in [-0.05, 0) is 88.4 Å². The first kappa shape index (κ1) is 34.9. The molecule has 6 rings (SSSR count). The first-order chi connectivity index (χ1) is 22.6. The van der Waals surface area contributed by atoms with Crippen LogP contribution in [0.3, 0.4) is 0 Å². The molecule has 0 aliphatic carbocycles. The Balaban J connectivity index is 0.000000193. The van der Waals surface area contributed by atoms with E-state index in [2.05, 4.69) is 60.8 Å². The van der Waals surface area contributed by atoms with E-state index < -0.39 is 5.60 Å². The molecule has 2 fully saturated rings. The number of likely N-dealkylation sites (tertiary alicyclic amines) is 1. The van der Waals surface area contributed by atoms with Gasteiger partial charge in [-0.15, -0.1) is 20.4 Å². The van der Waals surface area contributed by atoms with Crippen molar-refractivity contribution in [1.29, 1.82) is 0 Å². The molecule has 4 heterocycles. The van der Waals surface area contributed by atoms with Gasteiger partial charge in [0.25, 0.3) is 0 Å². The molecule has 0 spiro atoms. The Morgan fingerprint density at radius 3 is 1.83 bits per heavy atom. The van der Waals surface area contributed by atoms with Crippen LogP contribution in [-0.2, 0) is 30.7 Å². The quantitative estimate of drug-likeness (QED) is 0.205. The lowest BCUT2D eigenvalue weighted by Gasteiger charge is -2.28. The Hall–Kier alpha value is -3.47. The second kappa shape index (κ2) is 15.6. The molecule has 252 valence electrons. The highest BCUT2D eigenvalue weighted by molar-refractivity contribution is 6.30. The molecule has 2 aromatic heterocycles. The molecule has 2 atom stereocenters. The number of ether oxygens (including phenoxy) is 1. The van der Waals surface area contributed by atoms with Crippen LogP contribution in [0.15, 0.2) is 48.5 Å². The third-order valence-corrected chi connectivity index (χ3v) is 8.91. The van der Waals surface area contributed by atoms with Crippen molar-refractivity contribution in [2.75, 3.05) is 13.1 Å². The number of hydrogen-bond donors (Lipinski definition) is 1. The Labute approximate surface area is 287 Å². The molecule has 0 saturated carbocycles. The number of nitrogens with one attached hydrogen (secondary N) is 1. The van der Waals surface area contributed by atoms with Gasteiger partial charge in [0.1, 0.15) is 17.2 Å². The SMILES string of the molecule is CCc1nnc([C@H]2CCCN2)n1Cc1ccc(Cl)cc1.CCc1nnc([C@H]2CCCN2C(=O)OC(C)(C)C)n1Cc1ccc(Cl)cc1. The van der Waals surface area contributed by atoms with Crippen LogP contribution in [-0.4, -0.2) is 59.2 Å². The molecular formula is C35H46Cl2N8O2. The van der Waals surface area contributed by atoms with Crippen molar-refractivity contribution in [2.45, 2.75) is 104 Å². The Morgan fingerprint density at radius 2 is 1.34 bits per heavy atom. The number of carbonyl (C=O) groups excluding carboxylic acids is 1. The van der Waals surface area contributed by atoms with Gasteiger partial charge in [-0.2, -0.15) is 0 Å². The maximum Gasteiger partial charge on any atom is 0.410 e. The molecule has 12 heteroatoms. The van der Waals surface area contributed by atoms with E-state index in [-0.39, 0.29) is 12.1 Å².